The minimum atomic E-state index is -0.349. The minimum Gasteiger partial charge on any atom is -0.393 e. The maximum absolute atomic E-state index is 9.78. The third-order valence-electron chi connectivity index (χ3n) is 3.30. The molecule has 0 aromatic rings. The zero-order valence-corrected chi connectivity index (χ0v) is 12.7. The van der Waals surface area contributed by atoms with Gasteiger partial charge in [0.2, 0.25) is 0 Å². The van der Waals surface area contributed by atoms with Gasteiger partial charge in [0.05, 0.1) is 12.2 Å². The summed E-state index contributed by atoms with van der Waals surface area (Å²) in [6.45, 7) is 4.17. The number of rotatable bonds is 12. The van der Waals surface area contributed by atoms with Crippen LogP contribution >= 0.6 is 0 Å². The first-order valence-corrected chi connectivity index (χ1v) is 7.90. The Kier molecular flexibility index (Phi) is 13.4. The van der Waals surface area contributed by atoms with Gasteiger partial charge in [-0.2, -0.15) is 0 Å². The van der Waals surface area contributed by atoms with Crippen LogP contribution in [-0.4, -0.2) is 22.4 Å². The van der Waals surface area contributed by atoms with Crippen molar-refractivity contribution in [3.05, 3.63) is 24.3 Å². The molecule has 0 heterocycles. The molecule has 2 atom stereocenters. The Morgan fingerprint density at radius 3 is 2.26 bits per heavy atom. The van der Waals surface area contributed by atoms with Gasteiger partial charge in [-0.05, 0) is 19.3 Å². The van der Waals surface area contributed by atoms with Crippen LogP contribution in [-0.2, 0) is 0 Å². The minimum absolute atomic E-state index is 0.216. The van der Waals surface area contributed by atoms with Crippen LogP contribution in [0.25, 0.3) is 0 Å². The van der Waals surface area contributed by atoms with Gasteiger partial charge in [0.15, 0.2) is 0 Å². The molecule has 0 spiro atoms. The average molecular weight is 268 g/mol. The Bertz CT molecular complexity index is 233. The molecule has 0 amide bonds. The second-order valence-electron chi connectivity index (χ2n) is 5.23. The molecule has 0 saturated carbocycles. The van der Waals surface area contributed by atoms with Gasteiger partial charge in [-0.15, -0.1) is 0 Å². The van der Waals surface area contributed by atoms with Crippen LogP contribution in [0.5, 0.6) is 0 Å². The summed E-state index contributed by atoms with van der Waals surface area (Å²) in [6.07, 6.45) is 16.9. The van der Waals surface area contributed by atoms with Crippen LogP contribution in [0.15, 0.2) is 24.3 Å². The lowest BCUT2D eigenvalue weighted by molar-refractivity contribution is 0.163. The molecule has 2 nitrogen and oxygen atoms in total. The summed E-state index contributed by atoms with van der Waals surface area (Å²) < 4.78 is 0. The van der Waals surface area contributed by atoms with E-state index in [4.69, 9.17) is 0 Å². The highest BCUT2D eigenvalue weighted by Gasteiger charge is 2.00. The van der Waals surface area contributed by atoms with Crippen LogP contribution < -0.4 is 0 Å². The molecule has 19 heavy (non-hydrogen) atoms. The average Bonchev–Trinajstić information content (AvgIpc) is 2.42. The lowest BCUT2D eigenvalue weighted by Gasteiger charge is -2.07. The van der Waals surface area contributed by atoms with Crippen LogP contribution in [0.1, 0.15) is 71.6 Å². The Balaban J connectivity index is 3.45. The van der Waals surface area contributed by atoms with Gasteiger partial charge in [-0.3, -0.25) is 0 Å². The lowest BCUT2D eigenvalue weighted by atomic mass is 10.1. The largest absolute Gasteiger partial charge is 0.393 e. The summed E-state index contributed by atoms with van der Waals surface area (Å²) in [4.78, 5) is 0. The van der Waals surface area contributed by atoms with Gasteiger partial charge in [-0.1, -0.05) is 76.7 Å². The van der Waals surface area contributed by atoms with E-state index in [9.17, 15) is 10.2 Å². The van der Waals surface area contributed by atoms with E-state index in [1.807, 2.05) is 25.2 Å². The van der Waals surface area contributed by atoms with Crippen LogP contribution in [0.3, 0.4) is 0 Å². The van der Waals surface area contributed by atoms with Gasteiger partial charge < -0.3 is 10.2 Å². The highest BCUT2D eigenvalue weighted by Crippen LogP contribution is 2.10. The van der Waals surface area contributed by atoms with Crippen molar-refractivity contribution in [1.29, 1.82) is 0 Å². The SMILES string of the molecule is CCCCCCCCC(O)CC=CC=CC(O)CC. The van der Waals surface area contributed by atoms with E-state index in [0.29, 0.717) is 6.42 Å². The van der Waals surface area contributed by atoms with Crippen molar-refractivity contribution in [2.24, 2.45) is 0 Å². The zero-order chi connectivity index (χ0) is 14.3. The van der Waals surface area contributed by atoms with Crippen molar-refractivity contribution < 1.29 is 10.2 Å². The molecule has 2 heteroatoms. The molecule has 0 bridgehead atoms. The fraction of sp³-hybridized carbons (Fsp3) is 0.765. The molecule has 0 aliphatic rings. The first-order chi connectivity index (χ1) is 9.20. The molecule has 0 aliphatic carbocycles. The molecular formula is C17H32O2. The Labute approximate surface area is 119 Å². The van der Waals surface area contributed by atoms with E-state index in [0.717, 1.165) is 19.3 Å². The Hall–Kier alpha value is -0.600. The van der Waals surface area contributed by atoms with E-state index >= 15 is 0 Å². The quantitative estimate of drug-likeness (QED) is 0.407. The molecule has 112 valence electrons. The molecule has 0 aromatic carbocycles. The standard InChI is InChI=1S/C17H32O2/c1-3-5-6-7-8-10-14-17(19)15-12-9-11-13-16(18)4-2/h9,11-13,16-19H,3-8,10,14-15H2,1-2H3. The predicted molar refractivity (Wildman–Crippen MR) is 83.2 cm³/mol. The number of allylic oxidation sites excluding steroid dienone is 2. The lowest BCUT2D eigenvalue weighted by Crippen LogP contribution is -2.04. The van der Waals surface area contributed by atoms with E-state index in [-0.39, 0.29) is 12.2 Å². The summed E-state index contributed by atoms with van der Waals surface area (Å²) in [5, 5.41) is 19.1. The van der Waals surface area contributed by atoms with Crippen molar-refractivity contribution in [1.82, 2.24) is 0 Å². The van der Waals surface area contributed by atoms with Crippen molar-refractivity contribution in [2.75, 3.05) is 0 Å². The summed E-state index contributed by atoms with van der Waals surface area (Å²) in [5.74, 6) is 0. The van der Waals surface area contributed by atoms with E-state index < -0.39 is 0 Å². The third-order valence-corrected chi connectivity index (χ3v) is 3.30. The second-order valence-corrected chi connectivity index (χ2v) is 5.23. The fourth-order valence-corrected chi connectivity index (χ4v) is 1.92. The Morgan fingerprint density at radius 1 is 0.895 bits per heavy atom. The van der Waals surface area contributed by atoms with Crippen molar-refractivity contribution in [2.45, 2.75) is 83.8 Å². The molecule has 0 rings (SSSR count). The molecule has 0 fully saturated rings. The molecule has 0 radical (unpaired) electrons. The molecular weight excluding hydrogens is 236 g/mol. The summed E-state index contributed by atoms with van der Waals surface area (Å²) in [7, 11) is 0. The van der Waals surface area contributed by atoms with Crippen molar-refractivity contribution in [3.8, 4) is 0 Å². The number of unbranched alkanes of at least 4 members (excludes halogenated alkanes) is 5. The number of aliphatic hydroxyl groups is 2. The van der Waals surface area contributed by atoms with E-state index in [1.54, 1.807) is 6.08 Å². The van der Waals surface area contributed by atoms with Gasteiger partial charge in [0, 0.05) is 0 Å². The molecule has 2 N–H and O–H groups in total. The van der Waals surface area contributed by atoms with E-state index in [2.05, 4.69) is 6.92 Å². The van der Waals surface area contributed by atoms with Gasteiger partial charge in [0.1, 0.15) is 0 Å². The topological polar surface area (TPSA) is 40.5 Å². The summed E-state index contributed by atoms with van der Waals surface area (Å²) in [5.41, 5.74) is 0. The smallest absolute Gasteiger partial charge is 0.0721 e. The maximum Gasteiger partial charge on any atom is 0.0721 e. The highest BCUT2D eigenvalue weighted by molar-refractivity contribution is 5.04. The second kappa shape index (κ2) is 13.8. The van der Waals surface area contributed by atoms with Crippen LogP contribution in [0.2, 0.25) is 0 Å². The number of hydrogen-bond acceptors (Lipinski definition) is 2. The third kappa shape index (κ3) is 13.6. The molecule has 0 aliphatic heterocycles. The monoisotopic (exact) mass is 268 g/mol. The van der Waals surface area contributed by atoms with Crippen LogP contribution in [0.4, 0.5) is 0 Å². The normalized spacial score (nSPS) is 15.4. The first kappa shape index (κ1) is 18.4. The first-order valence-electron chi connectivity index (χ1n) is 7.90. The molecule has 0 aromatic heterocycles. The number of hydrogen-bond donors (Lipinski definition) is 2. The highest BCUT2D eigenvalue weighted by atomic mass is 16.3. The fourth-order valence-electron chi connectivity index (χ4n) is 1.92. The van der Waals surface area contributed by atoms with Crippen LogP contribution in [0, 0.1) is 0 Å². The number of aliphatic hydroxyl groups excluding tert-OH is 2. The summed E-state index contributed by atoms with van der Waals surface area (Å²) in [6, 6.07) is 0. The predicted octanol–water partition coefficient (Wildman–Crippen LogP) is 4.37. The summed E-state index contributed by atoms with van der Waals surface area (Å²) >= 11 is 0. The Morgan fingerprint density at radius 2 is 1.58 bits per heavy atom. The maximum atomic E-state index is 9.78. The van der Waals surface area contributed by atoms with Crippen molar-refractivity contribution in [3.63, 3.8) is 0 Å². The van der Waals surface area contributed by atoms with Gasteiger partial charge >= 0.3 is 0 Å². The van der Waals surface area contributed by atoms with Gasteiger partial charge in [0.25, 0.3) is 0 Å². The van der Waals surface area contributed by atoms with Gasteiger partial charge in [-0.25, -0.2) is 0 Å². The van der Waals surface area contributed by atoms with E-state index in [1.165, 1.54) is 32.1 Å². The molecule has 2 unspecified atom stereocenters. The zero-order valence-electron chi connectivity index (χ0n) is 12.7. The van der Waals surface area contributed by atoms with Crippen molar-refractivity contribution >= 4 is 0 Å². The molecule has 0 saturated heterocycles.